The van der Waals surface area contributed by atoms with Crippen LogP contribution in [0, 0.1) is 0 Å². The zero-order chi connectivity index (χ0) is 15.9. The molecule has 0 aliphatic heterocycles. The van der Waals surface area contributed by atoms with Gasteiger partial charge in [-0.15, -0.1) is 0 Å². The summed E-state index contributed by atoms with van der Waals surface area (Å²) in [5.41, 5.74) is 1.18. The van der Waals surface area contributed by atoms with E-state index in [0.717, 1.165) is 5.56 Å². The third-order valence-corrected chi connectivity index (χ3v) is 2.87. The average molecular weight is 301 g/mol. The van der Waals surface area contributed by atoms with Gasteiger partial charge in [0.15, 0.2) is 0 Å². The van der Waals surface area contributed by atoms with E-state index in [2.05, 4.69) is 10.1 Å². The standard InChI is InChI=1S/C16H15NO5/c1-21-15(19)12-7-8-13(14(18)9-12)17-16(20)22-10-11-5-3-2-4-6-11/h2-9,18H,10H2,1H3,(H,17,20). The highest BCUT2D eigenvalue weighted by Crippen LogP contribution is 2.24. The molecule has 0 saturated carbocycles. The van der Waals surface area contributed by atoms with Gasteiger partial charge >= 0.3 is 12.1 Å². The van der Waals surface area contributed by atoms with Crippen LogP contribution >= 0.6 is 0 Å². The second-order valence-corrected chi connectivity index (χ2v) is 4.41. The smallest absolute Gasteiger partial charge is 0.412 e. The molecule has 1 amide bonds. The minimum atomic E-state index is -0.704. The molecule has 0 radical (unpaired) electrons. The predicted octanol–water partition coefficient (Wildman–Crippen LogP) is 2.93. The van der Waals surface area contributed by atoms with Crippen LogP contribution in [0.15, 0.2) is 48.5 Å². The van der Waals surface area contributed by atoms with Crippen molar-refractivity contribution < 1.29 is 24.2 Å². The Bertz CT molecular complexity index is 669. The Morgan fingerprint density at radius 2 is 1.86 bits per heavy atom. The van der Waals surface area contributed by atoms with Gasteiger partial charge in [-0.3, -0.25) is 5.32 Å². The Morgan fingerprint density at radius 1 is 1.14 bits per heavy atom. The van der Waals surface area contributed by atoms with E-state index in [1.165, 1.54) is 25.3 Å². The highest BCUT2D eigenvalue weighted by Gasteiger charge is 2.11. The number of carbonyl (C=O) groups excluding carboxylic acids is 2. The first-order valence-electron chi connectivity index (χ1n) is 6.49. The van der Waals surface area contributed by atoms with Gasteiger partial charge in [0, 0.05) is 0 Å². The summed E-state index contributed by atoms with van der Waals surface area (Å²) in [7, 11) is 1.24. The summed E-state index contributed by atoms with van der Waals surface area (Å²) < 4.78 is 9.57. The number of nitrogens with one attached hydrogen (secondary N) is 1. The zero-order valence-corrected chi connectivity index (χ0v) is 11.9. The lowest BCUT2D eigenvalue weighted by Gasteiger charge is -2.09. The fourth-order valence-corrected chi connectivity index (χ4v) is 1.75. The van der Waals surface area contributed by atoms with Gasteiger partial charge in [0.2, 0.25) is 0 Å². The van der Waals surface area contributed by atoms with Crippen molar-refractivity contribution in [1.82, 2.24) is 0 Å². The number of rotatable bonds is 4. The number of methoxy groups -OCH3 is 1. The maximum atomic E-state index is 11.7. The molecule has 114 valence electrons. The predicted molar refractivity (Wildman–Crippen MR) is 79.7 cm³/mol. The summed E-state index contributed by atoms with van der Waals surface area (Å²) in [5, 5.41) is 12.2. The molecule has 0 fully saturated rings. The van der Waals surface area contributed by atoms with Crippen molar-refractivity contribution in [2.45, 2.75) is 6.61 Å². The van der Waals surface area contributed by atoms with Crippen molar-refractivity contribution in [3.05, 3.63) is 59.7 Å². The van der Waals surface area contributed by atoms with Crippen LogP contribution < -0.4 is 5.32 Å². The van der Waals surface area contributed by atoms with E-state index in [4.69, 9.17) is 4.74 Å². The summed E-state index contributed by atoms with van der Waals surface area (Å²) in [6.45, 7) is 0.119. The number of esters is 1. The first-order chi connectivity index (χ1) is 10.6. The first kappa shape index (κ1) is 15.4. The molecule has 0 spiro atoms. The molecular formula is C16H15NO5. The highest BCUT2D eigenvalue weighted by molar-refractivity contribution is 5.92. The molecule has 0 aliphatic rings. The van der Waals surface area contributed by atoms with Gasteiger partial charge < -0.3 is 14.6 Å². The van der Waals surface area contributed by atoms with Gasteiger partial charge in [-0.1, -0.05) is 30.3 Å². The molecule has 6 heteroatoms. The van der Waals surface area contributed by atoms with Gasteiger partial charge in [0.25, 0.3) is 0 Å². The van der Waals surface area contributed by atoms with Crippen molar-refractivity contribution >= 4 is 17.7 Å². The molecule has 0 saturated heterocycles. The fourth-order valence-electron chi connectivity index (χ4n) is 1.75. The molecule has 2 aromatic carbocycles. The fraction of sp³-hybridized carbons (Fsp3) is 0.125. The van der Waals surface area contributed by atoms with Crippen LogP contribution in [0.25, 0.3) is 0 Å². The maximum absolute atomic E-state index is 11.7. The van der Waals surface area contributed by atoms with Gasteiger partial charge in [0.05, 0.1) is 18.4 Å². The molecule has 2 N–H and O–H groups in total. The molecule has 22 heavy (non-hydrogen) atoms. The van der Waals surface area contributed by atoms with E-state index in [-0.39, 0.29) is 23.6 Å². The highest BCUT2D eigenvalue weighted by atomic mass is 16.5. The molecule has 0 aromatic heterocycles. The monoisotopic (exact) mass is 301 g/mol. The summed E-state index contributed by atoms with van der Waals surface area (Å²) in [6, 6.07) is 13.2. The Hall–Kier alpha value is -3.02. The number of phenols is 1. The number of ether oxygens (including phenoxy) is 2. The van der Waals surface area contributed by atoms with Crippen molar-refractivity contribution in [1.29, 1.82) is 0 Å². The van der Waals surface area contributed by atoms with Crippen LogP contribution in [0.2, 0.25) is 0 Å². The maximum Gasteiger partial charge on any atom is 0.412 e. The lowest BCUT2D eigenvalue weighted by molar-refractivity contribution is 0.0600. The van der Waals surface area contributed by atoms with E-state index in [9.17, 15) is 14.7 Å². The minimum absolute atomic E-state index is 0.119. The van der Waals surface area contributed by atoms with Crippen LogP contribution in [0.1, 0.15) is 15.9 Å². The largest absolute Gasteiger partial charge is 0.506 e. The quantitative estimate of drug-likeness (QED) is 0.670. The molecule has 0 bridgehead atoms. The Morgan fingerprint density at radius 3 is 2.50 bits per heavy atom. The van der Waals surface area contributed by atoms with Crippen molar-refractivity contribution in [3.8, 4) is 5.75 Å². The molecule has 0 heterocycles. The second kappa shape index (κ2) is 7.12. The van der Waals surface area contributed by atoms with Crippen LogP contribution in [-0.4, -0.2) is 24.3 Å². The van der Waals surface area contributed by atoms with Gasteiger partial charge in [-0.2, -0.15) is 0 Å². The summed E-state index contributed by atoms with van der Waals surface area (Å²) >= 11 is 0. The zero-order valence-electron chi connectivity index (χ0n) is 11.9. The number of anilines is 1. The van der Waals surface area contributed by atoms with Crippen molar-refractivity contribution in [2.24, 2.45) is 0 Å². The summed E-state index contributed by atoms with van der Waals surface area (Å²) in [6.07, 6.45) is -0.704. The minimum Gasteiger partial charge on any atom is -0.506 e. The van der Waals surface area contributed by atoms with E-state index in [1.54, 1.807) is 0 Å². The Balaban J connectivity index is 1.95. The number of hydrogen-bond acceptors (Lipinski definition) is 5. The number of carbonyl (C=O) groups is 2. The Kier molecular flexibility index (Phi) is 4.98. The molecule has 0 unspecified atom stereocenters. The van der Waals surface area contributed by atoms with E-state index < -0.39 is 12.1 Å². The topological polar surface area (TPSA) is 84.9 Å². The SMILES string of the molecule is COC(=O)c1ccc(NC(=O)OCc2ccccc2)c(O)c1. The number of aromatic hydroxyl groups is 1. The van der Waals surface area contributed by atoms with Gasteiger partial charge in [-0.05, 0) is 23.8 Å². The van der Waals surface area contributed by atoms with Crippen LogP contribution in [-0.2, 0) is 16.1 Å². The second-order valence-electron chi connectivity index (χ2n) is 4.41. The molecule has 0 atom stereocenters. The van der Waals surface area contributed by atoms with Gasteiger partial charge in [0.1, 0.15) is 12.4 Å². The molecule has 6 nitrogen and oxygen atoms in total. The lowest BCUT2D eigenvalue weighted by atomic mass is 10.2. The normalized spacial score (nSPS) is 9.86. The van der Waals surface area contributed by atoms with E-state index >= 15 is 0 Å². The van der Waals surface area contributed by atoms with Crippen molar-refractivity contribution in [2.75, 3.05) is 12.4 Å². The molecular weight excluding hydrogens is 286 g/mol. The van der Waals surface area contributed by atoms with Crippen LogP contribution in [0.4, 0.5) is 10.5 Å². The Labute approximate surface area is 127 Å². The third kappa shape index (κ3) is 3.99. The lowest BCUT2D eigenvalue weighted by Crippen LogP contribution is -2.14. The van der Waals surface area contributed by atoms with Crippen LogP contribution in [0.3, 0.4) is 0 Å². The average Bonchev–Trinajstić information content (AvgIpc) is 2.55. The molecule has 0 aliphatic carbocycles. The van der Waals surface area contributed by atoms with Crippen LogP contribution in [0.5, 0.6) is 5.75 Å². The molecule has 2 aromatic rings. The van der Waals surface area contributed by atoms with Crippen molar-refractivity contribution in [3.63, 3.8) is 0 Å². The third-order valence-electron chi connectivity index (χ3n) is 2.87. The number of phenolic OH excluding ortho intramolecular Hbond substituents is 1. The first-order valence-corrected chi connectivity index (χ1v) is 6.49. The number of amides is 1. The van der Waals surface area contributed by atoms with Gasteiger partial charge in [-0.25, -0.2) is 9.59 Å². The van der Waals surface area contributed by atoms with E-state index in [1.807, 2.05) is 30.3 Å². The summed E-state index contributed by atoms with van der Waals surface area (Å²) in [5.74, 6) is -0.826. The van der Waals surface area contributed by atoms with E-state index in [0.29, 0.717) is 0 Å². The number of hydrogen-bond donors (Lipinski definition) is 2. The molecule has 2 rings (SSSR count). The number of benzene rings is 2. The summed E-state index contributed by atoms with van der Waals surface area (Å²) in [4.78, 5) is 23.0.